The van der Waals surface area contributed by atoms with Crippen LogP contribution in [0.4, 0.5) is 0 Å². The van der Waals surface area contributed by atoms with Crippen LogP contribution in [0.5, 0.6) is 0 Å². The molecule has 1 unspecified atom stereocenters. The van der Waals surface area contributed by atoms with Crippen LogP contribution >= 0.6 is 0 Å². The van der Waals surface area contributed by atoms with Crippen LogP contribution in [0.2, 0.25) is 13.1 Å². The van der Waals surface area contributed by atoms with Gasteiger partial charge in [-0.3, -0.25) is 0 Å². The van der Waals surface area contributed by atoms with Gasteiger partial charge in [0.25, 0.3) is 0 Å². The Bertz CT molecular complexity index is 788. The number of nitrogens with one attached hydrogen (secondary N) is 1. The minimum absolute atomic E-state index is 0.131. The van der Waals surface area contributed by atoms with Crippen molar-refractivity contribution in [1.82, 2.24) is 4.72 Å². The van der Waals surface area contributed by atoms with Gasteiger partial charge in [0.2, 0.25) is 0 Å². The summed E-state index contributed by atoms with van der Waals surface area (Å²) in [6.07, 6.45) is 2.00. The van der Waals surface area contributed by atoms with Gasteiger partial charge in [0, 0.05) is 0 Å². The standard InChI is InChI=1S/C22H29NOSSi/c1-22(2,3)25(24)23-21(19-13-8-6-9-14-19)17-12-18-26(4,5)20-15-10-7-11-16-20/h6-11,13-18,21,23H,1-5H3/t12?,21-,25?/m0/s1. The first-order valence-electron chi connectivity index (χ1n) is 8.92. The summed E-state index contributed by atoms with van der Waals surface area (Å²) < 4.78 is 15.5. The van der Waals surface area contributed by atoms with Crippen molar-refractivity contribution in [2.24, 2.45) is 0 Å². The van der Waals surface area contributed by atoms with E-state index in [9.17, 15) is 4.21 Å². The maximum atomic E-state index is 12.6. The van der Waals surface area contributed by atoms with E-state index in [4.69, 9.17) is 0 Å². The fraction of sp³-hybridized carbons (Fsp3) is 0.318. The van der Waals surface area contributed by atoms with Crippen molar-refractivity contribution in [2.45, 2.75) is 44.7 Å². The molecule has 2 rings (SSSR count). The molecule has 2 aromatic rings. The third-order valence-electron chi connectivity index (χ3n) is 4.17. The Morgan fingerprint density at radius 1 is 1.00 bits per heavy atom. The van der Waals surface area contributed by atoms with Gasteiger partial charge >= 0.3 is 0 Å². The molecule has 0 aromatic heterocycles. The molecule has 26 heavy (non-hydrogen) atoms. The average Bonchev–Trinajstić information content (AvgIpc) is 2.61. The molecule has 138 valence electrons. The van der Waals surface area contributed by atoms with Gasteiger partial charge in [-0.25, -0.2) is 8.93 Å². The summed E-state index contributed by atoms with van der Waals surface area (Å²) in [5.74, 6) is 0. The Kier molecular flexibility index (Phi) is 6.96. The van der Waals surface area contributed by atoms with E-state index in [1.165, 1.54) is 5.19 Å². The molecule has 2 aromatic carbocycles. The zero-order valence-corrected chi connectivity index (χ0v) is 18.1. The summed E-state index contributed by atoms with van der Waals surface area (Å²) in [7, 11) is -2.85. The maximum Gasteiger partial charge on any atom is 0.112 e. The highest BCUT2D eigenvalue weighted by Gasteiger charge is 2.23. The van der Waals surface area contributed by atoms with Crippen molar-refractivity contribution in [2.75, 3.05) is 0 Å². The first-order valence-corrected chi connectivity index (χ1v) is 13.2. The summed E-state index contributed by atoms with van der Waals surface area (Å²) in [4.78, 5) is 0. The lowest BCUT2D eigenvalue weighted by atomic mass is 10.1. The van der Waals surface area contributed by atoms with Crippen LogP contribution in [-0.2, 0) is 11.0 Å². The molecule has 0 aliphatic carbocycles. The maximum absolute atomic E-state index is 12.6. The largest absolute Gasteiger partial charge is 0.242 e. The lowest BCUT2D eigenvalue weighted by Gasteiger charge is -2.22. The second-order valence-electron chi connectivity index (χ2n) is 7.95. The Labute approximate surface area is 161 Å². The molecule has 0 spiro atoms. The quantitative estimate of drug-likeness (QED) is 0.571. The number of hydrogen-bond donors (Lipinski definition) is 1. The Balaban J connectivity index is 2.28. The molecule has 4 heteroatoms. The van der Waals surface area contributed by atoms with E-state index < -0.39 is 19.1 Å². The Hall–Kier alpha value is -1.71. The van der Waals surface area contributed by atoms with E-state index in [2.05, 4.69) is 65.6 Å². The molecule has 0 saturated carbocycles. The fourth-order valence-electron chi connectivity index (χ4n) is 2.45. The fourth-order valence-corrected chi connectivity index (χ4v) is 4.97. The van der Waals surface area contributed by atoms with Crippen LogP contribution in [0.3, 0.4) is 0 Å². The first-order chi connectivity index (χ1) is 12.2. The number of hydrogen-bond acceptors (Lipinski definition) is 1. The number of benzene rings is 2. The van der Waals surface area contributed by atoms with Crippen LogP contribution < -0.4 is 9.91 Å². The molecule has 0 amide bonds. The number of rotatable bonds is 6. The van der Waals surface area contributed by atoms with Gasteiger partial charge in [0.05, 0.1) is 21.8 Å². The van der Waals surface area contributed by atoms with Crippen molar-refractivity contribution < 1.29 is 4.21 Å². The summed E-state index contributed by atoms with van der Waals surface area (Å²) in [5.41, 5.74) is 6.69. The van der Waals surface area contributed by atoms with E-state index in [1.807, 2.05) is 51.1 Å². The second kappa shape index (κ2) is 8.78. The highest BCUT2D eigenvalue weighted by atomic mass is 32.2. The van der Waals surface area contributed by atoms with Crippen molar-refractivity contribution in [3.8, 4) is 0 Å². The second-order valence-corrected chi connectivity index (χ2v) is 14.3. The molecular formula is C22H29NOSSi. The van der Waals surface area contributed by atoms with Crippen LogP contribution in [0.25, 0.3) is 0 Å². The lowest BCUT2D eigenvalue weighted by Crippen LogP contribution is -2.39. The van der Waals surface area contributed by atoms with Gasteiger partial charge in [-0.15, -0.1) is 5.73 Å². The zero-order chi connectivity index (χ0) is 19.2. The molecular weight excluding hydrogens is 354 g/mol. The molecule has 0 radical (unpaired) electrons. The van der Waals surface area contributed by atoms with Crippen molar-refractivity contribution in [3.05, 3.63) is 83.7 Å². The van der Waals surface area contributed by atoms with Crippen molar-refractivity contribution in [3.63, 3.8) is 0 Å². The van der Waals surface area contributed by atoms with E-state index >= 15 is 0 Å². The molecule has 2 nitrogen and oxygen atoms in total. The van der Waals surface area contributed by atoms with Crippen LogP contribution in [0.15, 0.2) is 78.2 Å². The smallest absolute Gasteiger partial charge is 0.112 e. The SMILES string of the molecule is CC(C)(C)S(=O)N[C@@H](C=C=C[Si](C)(C)c1ccccc1)c1ccccc1. The van der Waals surface area contributed by atoms with Crippen LogP contribution in [0, 0.1) is 0 Å². The molecule has 0 fully saturated rings. The first kappa shape index (κ1) is 20.6. The summed E-state index contributed by atoms with van der Waals surface area (Å²) in [6, 6.07) is 20.6. The van der Waals surface area contributed by atoms with Gasteiger partial charge < -0.3 is 0 Å². The zero-order valence-electron chi connectivity index (χ0n) is 16.3. The van der Waals surface area contributed by atoms with Crippen molar-refractivity contribution >= 4 is 24.2 Å². The molecule has 0 aliphatic rings. The van der Waals surface area contributed by atoms with Gasteiger partial charge in [-0.05, 0) is 38.1 Å². The predicted molar refractivity (Wildman–Crippen MR) is 116 cm³/mol. The molecule has 2 atom stereocenters. The minimum atomic E-state index is -1.69. The predicted octanol–water partition coefficient (Wildman–Crippen LogP) is 4.65. The van der Waals surface area contributed by atoms with Gasteiger partial charge in [0.1, 0.15) is 8.07 Å². The summed E-state index contributed by atoms with van der Waals surface area (Å²) in [5, 5.41) is 1.38. The third-order valence-corrected chi connectivity index (χ3v) is 8.46. The monoisotopic (exact) mass is 383 g/mol. The van der Waals surface area contributed by atoms with Crippen molar-refractivity contribution in [1.29, 1.82) is 0 Å². The average molecular weight is 384 g/mol. The summed E-state index contributed by atoms with van der Waals surface area (Å²) in [6.45, 7) is 10.5. The van der Waals surface area contributed by atoms with E-state index in [0.29, 0.717) is 0 Å². The van der Waals surface area contributed by atoms with Gasteiger partial charge in [0.15, 0.2) is 0 Å². The molecule has 0 saturated heterocycles. The van der Waals surface area contributed by atoms with Crippen LogP contribution in [-0.4, -0.2) is 17.0 Å². The van der Waals surface area contributed by atoms with Gasteiger partial charge in [-0.1, -0.05) is 78.9 Å². The Morgan fingerprint density at radius 2 is 1.54 bits per heavy atom. The highest BCUT2D eigenvalue weighted by Crippen LogP contribution is 2.18. The van der Waals surface area contributed by atoms with Crippen LogP contribution in [0.1, 0.15) is 32.4 Å². The lowest BCUT2D eigenvalue weighted by molar-refractivity contribution is 0.626. The minimum Gasteiger partial charge on any atom is -0.242 e. The Morgan fingerprint density at radius 3 is 2.08 bits per heavy atom. The third kappa shape index (κ3) is 5.92. The molecule has 1 N–H and O–H groups in total. The molecule has 0 heterocycles. The van der Waals surface area contributed by atoms with E-state index in [0.717, 1.165) is 5.56 Å². The normalized spacial score (nSPS) is 14.2. The van der Waals surface area contributed by atoms with Gasteiger partial charge in [-0.2, -0.15) is 0 Å². The molecule has 0 bridgehead atoms. The molecule has 0 aliphatic heterocycles. The van der Waals surface area contributed by atoms with E-state index in [-0.39, 0.29) is 10.8 Å². The summed E-state index contributed by atoms with van der Waals surface area (Å²) >= 11 is 0. The van der Waals surface area contributed by atoms with E-state index in [1.54, 1.807) is 0 Å². The topological polar surface area (TPSA) is 29.1 Å². The highest BCUT2D eigenvalue weighted by molar-refractivity contribution is 7.84.